The molecule has 0 amide bonds. The Balaban J connectivity index is 1.30. The lowest BCUT2D eigenvalue weighted by Crippen LogP contribution is -2.62. The molecule has 0 aliphatic heterocycles. The molecule has 0 spiro atoms. The summed E-state index contributed by atoms with van der Waals surface area (Å²) in [5.74, 6) is 1.90. The minimum Gasteiger partial charge on any atom is -0.478 e. The normalized spacial score (nSPS) is 43.0. The molecule has 0 bridgehead atoms. The van der Waals surface area contributed by atoms with E-state index in [-0.39, 0.29) is 40.1 Å². The number of aromatic carboxylic acids is 1. The first-order valence-electron chi connectivity index (χ1n) is 15.0. The van der Waals surface area contributed by atoms with Gasteiger partial charge in [0.1, 0.15) is 6.61 Å². The molecule has 1 heterocycles. The number of nitrogens with zero attached hydrogens (tertiary/aromatic N) is 1. The van der Waals surface area contributed by atoms with E-state index in [1.807, 2.05) is 0 Å². The Bertz CT molecular complexity index is 1090. The van der Waals surface area contributed by atoms with Crippen LogP contribution in [0.15, 0.2) is 23.1 Å². The summed E-state index contributed by atoms with van der Waals surface area (Å²) in [6.07, 6.45) is 9.97. The first-order chi connectivity index (χ1) is 18.0. The lowest BCUT2D eigenvalue weighted by molar-refractivity contribution is -0.203. The van der Waals surface area contributed by atoms with Gasteiger partial charge in [0.15, 0.2) is 0 Å². The molecule has 5 rings (SSSR count). The summed E-state index contributed by atoms with van der Waals surface area (Å²) in [6.45, 7) is 9.81. The van der Waals surface area contributed by atoms with Crippen molar-refractivity contribution in [1.82, 2.24) is 4.73 Å². The highest BCUT2D eigenvalue weighted by atomic mass is 16.7. The Labute approximate surface area is 226 Å². The highest BCUT2D eigenvalue weighted by Crippen LogP contribution is 2.69. The number of carboxylic acids is 1. The molecule has 38 heavy (non-hydrogen) atoms. The number of aromatic nitrogens is 1. The maximum absolute atomic E-state index is 12.1. The second-order valence-electron chi connectivity index (χ2n) is 13.6. The number of carbonyl (C=O) groups is 1. The summed E-state index contributed by atoms with van der Waals surface area (Å²) < 4.78 is 1.04. The van der Waals surface area contributed by atoms with E-state index in [1.54, 1.807) is 0 Å². The predicted octanol–water partition coefficient (Wildman–Crippen LogP) is 4.63. The van der Waals surface area contributed by atoms with E-state index in [2.05, 4.69) is 27.7 Å². The number of rotatable bonds is 7. The van der Waals surface area contributed by atoms with Gasteiger partial charge in [-0.05, 0) is 110 Å². The third kappa shape index (κ3) is 4.42. The zero-order chi connectivity index (χ0) is 27.4. The van der Waals surface area contributed by atoms with Crippen LogP contribution in [0, 0.1) is 52.3 Å². The molecular weight excluding hydrogens is 482 g/mol. The average Bonchev–Trinajstić information content (AvgIpc) is 3.23. The van der Waals surface area contributed by atoms with Crippen LogP contribution in [0.2, 0.25) is 0 Å². The van der Waals surface area contributed by atoms with Gasteiger partial charge >= 0.3 is 5.97 Å². The van der Waals surface area contributed by atoms with E-state index in [9.17, 15) is 24.9 Å². The van der Waals surface area contributed by atoms with Crippen LogP contribution in [0.3, 0.4) is 0 Å². The standard InChI is InChI=1S/C31H47NO6/c1-5-21-25-16-20(33)10-13-31(25,4)24-11-14-30(3)22(7-8-23(30)27(24)28(21)35)18(2)12-15-38-32-17-19(29(36)37)6-9-26(32)34/h6,9,17-18,20-25,27-28,33,35H,5,7-8,10-16H2,1-4H3,(H,36,37)/t18-,20-,21-,22-,23+,24+,25+,27+,28-,30-,31-/m1/s1. The zero-order valence-corrected chi connectivity index (χ0v) is 23.5. The molecule has 11 atom stereocenters. The van der Waals surface area contributed by atoms with Gasteiger partial charge in [-0.15, -0.1) is 0 Å². The Hall–Kier alpha value is -1.86. The molecule has 4 aliphatic carbocycles. The fourth-order valence-corrected chi connectivity index (χ4v) is 10.2. The van der Waals surface area contributed by atoms with Crippen molar-refractivity contribution >= 4 is 5.97 Å². The van der Waals surface area contributed by atoms with Gasteiger partial charge in [0, 0.05) is 6.07 Å². The van der Waals surface area contributed by atoms with Crippen LogP contribution in [0.4, 0.5) is 0 Å². The first kappa shape index (κ1) is 27.7. The Morgan fingerprint density at radius 2 is 1.79 bits per heavy atom. The van der Waals surface area contributed by atoms with Gasteiger partial charge in [0.2, 0.25) is 0 Å². The van der Waals surface area contributed by atoms with Crippen LogP contribution in [0.5, 0.6) is 0 Å². The molecule has 4 aliphatic rings. The Morgan fingerprint density at radius 1 is 1.08 bits per heavy atom. The number of aliphatic hydroxyl groups excluding tert-OH is 2. The maximum atomic E-state index is 12.1. The van der Waals surface area contributed by atoms with Crippen LogP contribution < -0.4 is 10.4 Å². The van der Waals surface area contributed by atoms with Gasteiger partial charge in [-0.25, -0.2) is 4.79 Å². The van der Waals surface area contributed by atoms with Crippen molar-refractivity contribution in [3.63, 3.8) is 0 Å². The van der Waals surface area contributed by atoms with E-state index >= 15 is 0 Å². The quantitative estimate of drug-likeness (QED) is 0.475. The van der Waals surface area contributed by atoms with Crippen molar-refractivity contribution in [2.45, 2.75) is 97.7 Å². The fourth-order valence-electron chi connectivity index (χ4n) is 10.2. The Kier molecular flexibility index (Phi) is 7.49. The van der Waals surface area contributed by atoms with Gasteiger partial charge in [0.05, 0.1) is 24.0 Å². The second kappa shape index (κ2) is 10.3. The second-order valence-corrected chi connectivity index (χ2v) is 13.6. The summed E-state index contributed by atoms with van der Waals surface area (Å²) in [7, 11) is 0. The van der Waals surface area contributed by atoms with Crippen LogP contribution in [-0.2, 0) is 0 Å². The third-order valence-electron chi connectivity index (χ3n) is 12.1. The van der Waals surface area contributed by atoms with Gasteiger partial charge in [-0.2, -0.15) is 4.73 Å². The molecule has 1 aromatic rings. The minimum absolute atomic E-state index is 0.0281. The summed E-state index contributed by atoms with van der Waals surface area (Å²) in [6, 6.07) is 2.52. The molecule has 1 aromatic heterocycles. The van der Waals surface area contributed by atoms with E-state index in [0.717, 1.165) is 56.1 Å². The van der Waals surface area contributed by atoms with Crippen molar-refractivity contribution in [2.75, 3.05) is 6.61 Å². The molecule has 0 aromatic carbocycles. The molecule has 0 radical (unpaired) electrons. The summed E-state index contributed by atoms with van der Waals surface area (Å²) >= 11 is 0. The third-order valence-corrected chi connectivity index (χ3v) is 12.1. The Morgan fingerprint density at radius 3 is 2.50 bits per heavy atom. The molecule has 0 saturated heterocycles. The molecule has 4 fully saturated rings. The van der Waals surface area contributed by atoms with Crippen LogP contribution in [0.1, 0.15) is 95.8 Å². The largest absolute Gasteiger partial charge is 0.478 e. The lowest BCUT2D eigenvalue weighted by atomic mass is 9.41. The molecule has 212 valence electrons. The minimum atomic E-state index is -1.09. The van der Waals surface area contributed by atoms with Gasteiger partial charge in [0.25, 0.3) is 5.56 Å². The molecule has 4 saturated carbocycles. The molecule has 7 heteroatoms. The highest BCUT2D eigenvalue weighted by Gasteiger charge is 2.64. The first-order valence-corrected chi connectivity index (χ1v) is 15.0. The van der Waals surface area contributed by atoms with E-state index < -0.39 is 5.97 Å². The maximum Gasteiger partial charge on any atom is 0.337 e. The summed E-state index contributed by atoms with van der Waals surface area (Å²) in [5, 5.41) is 31.6. The summed E-state index contributed by atoms with van der Waals surface area (Å²) in [5.41, 5.74) is 0.0469. The van der Waals surface area contributed by atoms with E-state index in [1.165, 1.54) is 24.8 Å². The van der Waals surface area contributed by atoms with Crippen molar-refractivity contribution in [3.8, 4) is 0 Å². The van der Waals surface area contributed by atoms with Crippen molar-refractivity contribution in [2.24, 2.45) is 52.3 Å². The topological polar surface area (TPSA) is 109 Å². The molecule has 7 nitrogen and oxygen atoms in total. The van der Waals surface area contributed by atoms with Crippen LogP contribution in [0.25, 0.3) is 0 Å². The number of aliphatic hydroxyl groups is 2. The van der Waals surface area contributed by atoms with Crippen molar-refractivity contribution in [1.29, 1.82) is 0 Å². The zero-order valence-electron chi connectivity index (χ0n) is 23.5. The summed E-state index contributed by atoms with van der Waals surface area (Å²) in [4.78, 5) is 29.1. The average molecular weight is 530 g/mol. The SMILES string of the molecule is CC[C@H]1[C@@H](O)[C@@H]2[C@H](CC[C@]3(C)[C@@H]([C@H](C)CCOn4cc(C(=O)O)ccc4=O)CC[C@@H]23)[C@@]2(C)CC[C@@H](O)C[C@@H]12. The van der Waals surface area contributed by atoms with Crippen molar-refractivity contribution < 1.29 is 25.0 Å². The lowest BCUT2D eigenvalue weighted by Gasteiger charge is -2.64. The van der Waals surface area contributed by atoms with E-state index in [0.29, 0.717) is 42.1 Å². The monoisotopic (exact) mass is 529 g/mol. The van der Waals surface area contributed by atoms with Gasteiger partial charge < -0.3 is 20.2 Å². The number of pyridine rings is 1. The number of hydrogen-bond donors (Lipinski definition) is 3. The molecule has 3 N–H and O–H groups in total. The van der Waals surface area contributed by atoms with Crippen LogP contribution >= 0.6 is 0 Å². The smallest absolute Gasteiger partial charge is 0.337 e. The predicted molar refractivity (Wildman–Crippen MR) is 145 cm³/mol. The number of carboxylic acid groups (broad SMARTS) is 1. The fraction of sp³-hybridized carbons (Fsp3) is 0.806. The number of fused-ring (bicyclic) bond motifs is 5. The van der Waals surface area contributed by atoms with E-state index in [4.69, 9.17) is 4.84 Å². The van der Waals surface area contributed by atoms with Gasteiger partial charge in [-0.1, -0.05) is 34.1 Å². The highest BCUT2D eigenvalue weighted by molar-refractivity contribution is 5.87. The number of hydrogen-bond acceptors (Lipinski definition) is 5. The van der Waals surface area contributed by atoms with Gasteiger partial charge in [-0.3, -0.25) is 4.79 Å². The molecule has 0 unspecified atom stereocenters. The van der Waals surface area contributed by atoms with Crippen molar-refractivity contribution in [3.05, 3.63) is 34.2 Å². The van der Waals surface area contributed by atoms with Crippen LogP contribution in [-0.4, -0.2) is 44.8 Å². The molecular formula is C31H47NO6.